The zero-order valence-corrected chi connectivity index (χ0v) is 12.4. The lowest BCUT2D eigenvalue weighted by molar-refractivity contribution is 0.0688. The molecule has 0 heterocycles. The predicted molar refractivity (Wildman–Crippen MR) is 79.6 cm³/mol. The maximum atomic E-state index is 12.0. The van der Waals surface area contributed by atoms with Crippen molar-refractivity contribution >= 4 is 35.5 Å². The summed E-state index contributed by atoms with van der Waals surface area (Å²) in [6.07, 6.45) is 1.84. The lowest BCUT2D eigenvalue weighted by Crippen LogP contribution is -2.29. The highest BCUT2D eigenvalue weighted by molar-refractivity contribution is 7.98. The Labute approximate surface area is 129 Å². The minimum atomic E-state index is -1.51. The third-order valence-corrected chi connectivity index (χ3v) is 3.33. The maximum Gasteiger partial charge on any atom is 0.336 e. The molecular weight excluding hydrogens is 312 g/mol. The fourth-order valence-electron chi connectivity index (χ4n) is 1.71. The van der Waals surface area contributed by atoms with E-state index < -0.39 is 40.4 Å². The van der Waals surface area contributed by atoms with Gasteiger partial charge in [-0.2, -0.15) is 11.8 Å². The topological polar surface area (TPSA) is 147 Å². The molecule has 0 bridgehead atoms. The summed E-state index contributed by atoms with van der Waals surface area (Å²) >= 11 is 1.48. The number of primary amides is 1. The molecule has 0 saturated carbocycles. The van der Waals surface area contributed by atoms with Crippen molar-refractivity contribution in [3.63, 3.8) is 0 Å². The summed E-state index contributed by atoms with van der Waals surface area (Å²) in [5.41, 5.74) is 3.27. The van der Waals surface area contributed by atoms with E-state index in [-0.39, 0.29) is 5.56 Å². The van der Waals surface area contributed by atoms with Gasteiger partial charge in [0, 0.05) is 12.3 Å². The average Bonchev–Trinajstić information content (AvgIpc) is 2.45. The van der Waals surface area contributed by atoms with Crippen molar-refractivity contribution in [3.8, 4) is 0 Å². The lowest BCUT2D eigenvalue weighted by Gasteiger charge is -2.11. The Morgan fingerprint density at radius 2 is 1.55 bits per heavy atom. The number of carboxylic acids is 2. The molecule has 0 aromatic heterocycles. The van der Waals surface area contributed by atoms with Crippen LogP contribution in [0.5, 0.6) is 0 Å². The molecule has 0 saturated heterocycles. The monoisotopic (exact) mass is 326 g/mol. The third kappa shape index (κ3) is 3.98. The first-order valence-corrected chi connectivity index (χ1v) is 7.40. The molecular formula is C13H14N2O6S. The Morgan fingerprint density at radius 3 is 2.00 bits per heavy atom. The second kappa shape index (κ2) is 7.46. The van der Waals surface area contributed by atoms with E-state index in [0.29, 0.717) is 12.3 Å². The minimum absolute atomic E-state index is 0.297. The second-order valence-electron chi connectivity index (χ2n) is 4.17. The largest absolute Gasteiger partial charge is 0.478 e. The van der Waals surface area contributed by atoms with Gasteiger partial charge in [-0.25, -0.2) is 9.59 Å². The minimum Gasteiger partial charge on any atom is -0.478 e. The van der Waals surface area contributed by atoms with Crippen LogP contribution in [0.25, 0.3) is 0 Å². The number of nitrogens with two attached hydrogens (primary N) is 1. The highest BCUT2D eigenvalue weighted by Crippen LogP contribution is 2.18. The number of benzene rings is 1. The van der Waals surface area contributed by atoms with Gasteiger partial charge in [-0.1, -0.05) is 0 Å². The fourth-order valence-corrected chi connectivity index (χ4v) is 2.01. The van der Waals surface area contributed by atoms with Gasteiger partial charge in [-0.05, 0) is 18.4 Å². The second-order valence-corrected chi connectivity index (χ2v) is 5.15. The van der Waals surface area contributed by atoms with Crippen molar-refractivity contribution in [2.75, 3.05) is 18.6 Å². The number of hydrogen-bond donors (Lipinski definition) is 4. The van der Waals surface area contributed by atoms with Crippen molar-refractivity contribution in [2.24, 2.45) is 5.73 Å². The molecule has 0 aliphatic heterocycles. The normalized spacial score (nSPS) is 10.0. The van der Waals surface area contributed by atoms with Crippen LogP contribution in [0, 0.1) is 0 Å². The van der Waals surface area contributed by atoms with Crippen molar-refractivity contribution < 1.29 is 29.4 Å². The molecule has 0 unspecified atom stereocenters. The zero-order chi connectivity index (χ0) is 16.9. The summed E-state index contributed by atoms with van der Waals surface area (Å²) in [6.45, 7) is 0.297. The molecule has 118 valence electrons. The van der Waals surface area contributed by atoms with Crippen LogP contribution in [0.3, 0.4) is 0 Å². The molecule has 0 radical (unpaired) electrons. The summed E-state index contributed by atoms with van der Waals surface area (Å²) in [5.74, 6) is -4.15. The van der Waals surface area contributed by atoms with Crippen molar-refractivity contribution in [3.05, 3.63) is 34.4 Å². The zero-order valence-electron chi connectivity index (χ0n) is 11.6. The quantitative estimate of drug-likeness (QED) is 0.526. The van der Waals surface area contributed by atoms with E-state index in [0.717, 1.165) is 12.1 Å². The average molecular weight is 326 g/mol. The lowest BCUT2D eigenvalue weighted by atomic mass is 9.97. The van der Waals surface area contributed by atoms with Crippen LogP contribution in [-0.4, -0.2) is 52.5 Å². The van der Waals surface area contributed by atoms with E-state index in [9.17, 15) is 19.2 Å². The van der Waals surface area contributed by atoms with Crippen LogP contribution in [0.2, 0.25) is 0 Å². The Bertz CT molecular complexity index is 644. The van der Waals surface area contributed by atoms with Gasteiger partial charge < -0.3 is 21.3 Å². The first-order chi connectivity index (χ1) is 10.3. The maximum absolute atomic E-state index is 12.0. The number of carboxylic acid groups (broad SMARTS) is 2. The summed E-state index contributed by atoms with van der Waals surface area (Å²) in [7, 11) is 0. The molecule has 1 aromatic rings. The molecule has 1 rings (SSSR count). The molecule has 1 aromatic carbocycles. The number of rotatable bonds is 7. The molecule has 0 fully saturated rings. The molecule has 0 aliphatic carbocycles. The van der Waals surface area contributed by atoms with Gasteiger partial charge >= 0.3 is 11.9 Å². The van der Waals surface area contributed by atoms with Crippen molar-refractivity contribution in [1.82, 2.24) is 5.32 Å². The molecule has 0 aliphatic rings. The molecule has 0 spiro atoms. The van der Waals surface area contributed by atoms with E-state index in [4.69, 9.17) is 15.9 Å². The van der Waals surface area contributed by atoms with Crippen LogP contribution in [-0.2, 0) is 0 Å². The molecule has 22 heavy (non-hydrogen) atoms. The van der Waals surface area contributed by atoms with Crippen LogP contribution < -0.4 is 11.1 Å². The Kier molecular flexibility index (Phi) is 5.93. The first kappa shape index (κ1) is 17.5. The summed E-state index contributed by atoms with van der Waals surface area (Å²) in [4.78, 5) is 45.6. The third-order valence-electron chi connectivity index (χ3n) is 2.72. The number of carbonyl (C=O) groups is 4. The first-order valence-electron chi connectivity index (χ1n) is 6.01. The summed E-state index contributed by atoms with van der Waals surface area (Å²) in [6, 6.07) is 1.65. The number of amides is 2. The Balaban J connectivity index is 3.39. The van der Waals surface area contributed by atoms with Gasteiger partial charge in [0.15, 0.2) is 0 Å². The number of carbonyl (C=O) groups excluding carboxylic acids is 2. The SMILES string of the molecule is CSCCNC(=O)c1cc(C(N)=O)c(C(=O)O)cc1C(=O)O. The van der Waals surface area contributed by atoms with Crippen LogP contribution >= 0.6 is 11.8 Å². The van der Waals surface area contributed by atoms with Crippen LogP contribution in [0.4, 0.5) is 0 Å². The smallest absolute Gasteiger partial charge is 0.336 e. The molecule has 0 atom stereocenters. The van der Waals surface area contributed by atoms with E-state index in [1.54, 1.807) is 0 Å². The van der Waals surface area contributed by atoms with E-state index >= 15 is 0 Å². The van der Waals surface area contributed by atoms with Gasteiger partial charge in [0.2, 0.25) is 5.91 Å². The fraction of sp³-hybridized carbons (Fsp3) is 0.231. The van der Waals surface area contributed by atoms with Gasteiger partial charge in [-0.15, -0.1) is 0 Å². The number of nitrogens with one attached hydrogen (secondary N) is 1. The van der Waals surface area contributed by atoms with Crippen molar-refractivity contribution in [1.29, 1.82) is 0 Å². The van der Waals surface area contributed by atoms with Gasteiger partial charge in [0.25, 0.3) is 5.91 Å². The van der Waals surface area contributed by atoms with E-state index in [1.807, 2.05) is 6.26 Å². The number of hydrogen-bond acceptors (Lipinski definition) is 5. The summed E-state index contributed by atoms with van der Waals surface area (Å²) in [5, 5.41) is 20.6. The molecule has 9 heteroatoms. The Morgan fingerprint density at radius 1 is 1.05 bits per heavy atom. The molecule has 8 nitrogen and oxygen atoms in total. The molecule has 5 N–H and O–H groups in total. The van der Waals surface area contributed by atoms with Gasteiger partial charge in [-0.3, -0.25) is 9.59 Å². The van der Waals surface area contributed by atoms with Crippen LogP contribution in [0.1, 0.15) is 41.4 Å². The van der Waals surface area contributed by atoms with E-state index in [2.05, 4.69) is 5.32 Å². The highest BCUT2D eigenvalue weighted by atomic mass is 32.2. The van der Waals surface area contributed by atoms with Gasteiger partial charge in [0.05, 0.1) is 22.3 Å². The standard InChI is InChI=1S/C13H14N2O6S/c1-22-3-2-15-11(17)7-4-6(10(14)16)8(12(18)19)5-9(7)13(20)21/h4-5H,2-3H2,1H3,(H2,14,16)(H,15,17)(H,18,19)(H,20,21). The number of aromatic carboxylic acids is 2. The van der Waals surface area contributed by atoms with E-state index in [1.165, 1.54) is 11.8 Å². The predicted octanol–water partition coefficient (Wildman–Crippen LogP) is 0.275. The van der Waals surface area contributed by atoms with Crippen molar-refractivity contribution in [2.45, 2.75) is 0 Å². The molecule has 2 amide bonds. The summed E-state index contributed by atoms with van der Waals surface area (Å²) < 4.78 is 0. The van der Waals surface area contributed by atoms with Gasteiger partial charge in [0.1, 0.15) is 0 Å². The number of thioether (sulfide) groups is 1. The van der Waals surface area contributed by atoms with Crippen LogP contribution in [0.15, 0.2) is 12.1 Å². The highest BCUT2D eigenvalue weighted by Gasteiger charge is 2.24. The Hall–Kier alpha value is -2.55.